The van der Waals surface area contributed by atoms with Crippen LogP contribution in [0.3, 0.4) is 0 Å². The minimum Gasteiger partial charge on any atom is -0.493 e. The molecule has 0 fully saturated rings. The molecule has 28 heavy (non-hydrogen) atoms. The molecule has 0 bridgehead atoms. The maximum Gasteiger partial charge on any atom is 0.195 e. The van der Waals surface area contributed by atoms with Crippen molar-refractivity contribution in [2.75, 3.05) is 39.2 Å². The number of rotatable bonds is 9. The van der Waals surface area contributed by atoms with Crippen LogP contribution < -0.4 is 15.4 Å². The van der Waals surface area contributed by atoms with Gasteiger partial charge in [-0.1, -0.05) is 18.1 Å². The number of methoxy groups -OCH3 is 1. The first kappa shape index (κ1) is 24.2. The Kier molecular flexibility index (Phi) is 10.9. The first-order valence-corrected chi connectivity index (χ1v) is 9.17. The van der Waals surface area contributed by atoms with Crippen molar-refractivity contribution in [1.29, 1.82) is 0 Å². The second-order valence-electron chi connectivity index (χ2n) is 6.44. The highest BCUT2D eigenvalue weighted by atomic mass is 127. The van der Waals surface area contributed by atoms with E-state index in [2.05, 4.69) is 27.7 Å². The molecule has 0 aliphatic carbocycles. The van der Waals surface area contributed by atoms with Gasteiger partial charge in [-0.2, -0.15) is 0 Å². The van der Waals surface area contributed by atoms with Crippen molar-refractivity contribution in [3.63, 3.8) is 0 Å². The van der Waals surface area contributed by atoms with Crippen molar-refractivity contribution in [3.05, 3.63) is 41.3 Å². The summed E-state index contributed by atoms with van der Waals surface area (Å²) in [4.78, 5) is 4.30. The molecule has 0 aliphatic rings. The predicted molar refractivity (Wildman–Crippen MR) is 123 cm³/mol. The van der Waals surface area contributed by atoms with Gasteiger partial charge in [-0.15, -0.1) is 24.0 Å². The Morgan fingerprint density at radius 3 is 2.71 bits per heavy atom. The summed E-state index contributed by atoms with van der Waals surface area (Å²) in [6.45, 7) is 8.08. The molecule has 2 aromatic rings. The lowest BCUT2D eigenvalue weighted by atomic mass is 10.00. The van der Waals surface area contributed by atoms with Crippen LogP contribution in [-0.2, 0) is 4.74 Å². The molecular weight excluding hydrogens is 471 g/mol. The highest BCUT2D eigenvalue weighted by Gasteiger charge is 2.16. The minimum absolute atomic E-state index is 0. The Labute approximate surface area is 184 Å². The SMILES string of the molecule is CN=C(NCC(C)c1c(C)noc1C)Nc1cccc(OCCCOC)c1.I. The molecule has 2 N–H and O–H groups in total. The number of ether oxygens (including phenoxy) is 2. The third-order valence-electron chi connectivity index (χ3n) is 4.24. The molecule has 1 atom stereocenters. The summed E-state index contributed by atoms with van der Waals surface area (Å²) in [5, 5.41) is 10.7. The molecule has 1 aromatic carbocycles. The third kappa shape index (κ3) is 7.31. The van der Waals surface area contributed by atoms with Gasteiger partial charge in [0.2, 0.25) is 0 Å². The normalized spacial score (nSPS) is 12.2. The number of guanidine groups is 1. The van der Waals surface area contributed by atoms with Crippen LogP contribution in [0.25, 0.3) is 0 Å². The molecule has 8 heteroatoms. The molecule has 0 radical (unpaired) electrons. The van der Waals surface area contributed by atoms with Crippen LogP contribution in [0, 0.1) is 13.8 Å². The van der Waals surface area contributed by atoms with E-state index in [1.54, 1.807) is 14.2 Å². The van der Waals surface area contributed by atoms with Gasteiger partial charge in [0.15, 0.2) is 5.96 Å². The molecule has 0 amide bonds. The number of aromatic nitrogens is 1. The van der Waals surface area contributed by atoms with Crippen LogP contribution in [0.5, 0.6) is 5.75 Å². The van der Waals surface area contributed by atoms with E-state index in [-0.39, 0.29) is 29.9 Å². The van der Waals surface area contributed by atoms with E-state index in [1.165, 1.54) is 0 Å². The number of halogens is 1. The van der Waals surface area contributed by atoms with Gasteiger partial charge in [-0.3, -0.25) is 4.99 Å². The number of anilines is 1. The van der Waals surface area contributed by atoms with E-state index >= 15 is 0 Å². The van der Waals surface area contributed by atoms with Crippen LogP contribution in [-0.4, -0.2) is 45.0 Å². The van der Waals surface area contributed by atoms with Crippen molar-refractivity contribution in [1.82, 2.24) is 10.5 Å². The second kappa shape index (κ2) is 12.6. The summed E-state index contributed by atoms with van der Waals surface area (Å²) in [6, 6.07) is 7.82. The van der Waals surface area contributed by atoms with Crippen molar-refractivity contribution >= 4 is 35.6 Å². The van der Waals surface area contributed by atoms with E-state index in [4.69, 9.17) is 14.0 Å². The second-order valence-corrected chi connectivity index (χ2v) is 6.44. The third-order valence-corrected chi connectivity index (χ3v) is 4.24. The first-order chi connectivity index (χ1) is 13.0. The topological polar surface area (TPSA) is 80.9 Å². The molecule has 7 nitrogen and oxygen atoms in total. The fraction of sp³-hybridized carbons (Fsp3) is 0.500. The number of hydrogen-bond acceptors (Lipinski definition) is 5. The van der Waals surface area contributed by atoms with Gasteiger partial charge in [0.25, 0.3) is 0 Å². The average molecular weight is 502 g/mol. The van der Waals surface area contributed by atoms with Gasteiger partial charge in [0, 0.05) is 57.0 Å². The van der Waals surface area contributed by atoms with Crippen molar-refractivity contribution in [2.24, 2.45) is 4.99 Å². The zero-order valence-electron chi connectivity index (χ0n) is 17.2. The maximum atomic E-state index is 5.74. The molecular formula is C20H31IN4O3. The summed E-state index contributed by atoms with van der Waals surface area (Å²) in [5.41, 5.74) is 2.99. The summed E-state index contributed by atoms with van der Waals surface area (Å²) >= 11 is 0. The van der Waals surface area contributed by atoms with Crippen LogP contribution in [0.15, 0.2) is 33.8 Å². The smallest absolute Gasteiger partial charge is 0.195 e. The Balaban J connectivity index is 0.00000392. The van der Waals surface area contributed by atoms with Gasteiger partial charge >= 0.3 is 0 Å². The number of aliphatic imine (C=N–C) groups is 1. The zero-order valence-corrected chi connectivity index (χ0v) is 19.6. The molecule has 2 rings (SSSR count). The van der Waals surface area contributed by atoms with E-state index in [0.717, 1.165) is 41.4 Å². The Morgan fingerprint density at radius 1 is 1.29 bits per heavy atom. The largest absolute Gasteiger partial charge is 0.493 e. The Morgan fingerprint density at radius 2 is 2.07 bits per heavy atom. The number of aryl methyl sites for hydroxylation is 2. The summed E-state index contributed by atoms with van der Waals surface area (Å²) in [5.74, 6) is 2.63. The van der Waals surface area contributed by atoms with E-state index in [1.807, 2.05) is 38.1 Å². The van der Waals surface area contributed by atoms with E-state index in [0.29, 0.717) is 19.2 Å². The van der Waals surface area contributed by atoms with E-state index in [9.17, 15) is 0 Å². The number of nitrogens with zero attached hydrogens (tertiary/aromatic N) is 2. The molecule has 0 saturated carbocycles. The van der Waals surface area contributed by atoms with Crippen LogP contribution in [0.1, 0.15) is 36.3 Å². The van der Waals surface area contributed by atoms with Gasteiger partial charge in [-0.05, 0) is 26.0 Å². The standard InChI is InChI=1S/C20H30N4O3.HI/c1-14(19-15(2)24-27-16(19)3)13-22-20(21-4)23-17-8-6-9-18(12-17)26-11-7-10-25-5;/h6,8-9,12,14H,7,10-11,13H2,1-5H3,(H2,21,22,23);1H. The van der Waals surface area contributed by atoms with Gasteiger partial charge in [0.05, 0.1) is 12.3 Å². The summed E-state index contributed by atoms with van der Waals surface area (Å²) < 4.78 is 16.0. The quantitative estimate of drug-likeness (QED) is 0.233. The molecule has 1 aromatic heterocycles. The fourth-order valence-electron chi connectivity index (χ4n) is 2.92. The molecule has 0 saturated heterocycles. The van der Waals surface area contributed by atoms with Crippen molar-refractivity contribution in [2.45, 2.75) is 33.1 Å². The van der Waals surface area contributed by atoms with Crippen LogP contribution in [0.2, 0.25) is 0 Å². The lowest BCUT2D eigenvalue weighted by Crippen LogP contribution is -2.33. The first-order valence-electron chi connectivity index (χ1n) is 9.17. The summed E-state index contributed by atoms with van der Waals surface area (Å²) in [7, 11) is 3.44. The number of benzene rings is 1. The van der Waals surface area contributed by atoms with Gasteiger partial charge in [-0.25, -0.2) is 0 Å². The zero-order chi connectivity index (χ0) is 19.6. The lowest BCUT2D eigenvalue weighted by Gasteiger charge is -2.16. The van der Waals surface area contributed by atoms with Crippen LogP contribution >= 0.6 is 24.0 Å². The average Bonchev–Trinajstić information content (AvgIpc) is 3.00. The number of nitrogens with one attached hydrogen (secondary N) is 2. The highest BCUT2D eigenvalue weighted by Crippen LogP contribution is 2.22. The molecule has 156 valence electrons. The fourth-order valence-corrected chi connectivity index (χ4v) is 2.92. The maximum absolute atomic E-state index is 5.74. The Bertz CT molecular complexity index is 729. The molecule has 1 heterocycles. The molecule has 0 spiro atoms. The molecule has 0 aliphatic heterocycles. The minimum atomic E-state index is 0. The van der Waals surface area contributed by atoms with Crippen molar-refractivity contribution < 1.29 is 14.0 Å². The van der Waals surface area contributed by atoms with Crippen molar-refractivity contribution in [3.8, 4) is 5.75 Å². The van der Waals surface area contributed by atoms with Crippen LogP contribution in [0.4, 0.5) is 5.69 Å². The number of hydrogen-bond donors (Lipinski definition) is 2. The van der Waals surface area contributed by atoms with E-state index < -0.39 is 0 Å². The predicted octanol–water partition coefficient (Wildman–Crippen LogP) is 4.12. The lowest BCUT2D eigenvalue weighted by molar-refractivity contribution is 0.172. The Hall–Kier alpha value is -1.81. The highest BCUT2D eigenvalue weighted by molar-refractivity contribution is 14.0. The summed E-state index contributed by atoms with van der Waals surface area (Å²) in [6.07, 6.45) is 0.858. The van der Waals surface area contributed by atoms with Gasteiger partial charge < -0.3 is 24.6 Å². The monoisotopic (exact) mass is 502 g/mol. The van der Waals surface area contributed by atoms with Gasteiger partial charge in [0.1, 0.15) is 11.5 Å². The molecule has 1 unspecified atom stereocenters.